The fourth-order valence-electron chi connectivity index (χ4n) is 2.88. The number of ether oxygens (including phenoxy) is 2. The van der Waals surface area contributed by atoms with Gasteiger partial charge < -0.3 is 15.2 Å². The van der Waals surface area contributed by atoms with Crippen LogP contribution in [0.3, 0.4) is 0 Å². The van der Waals surface area contributed by atoms with E-state index in [0.717, 1.165) is 11.3 Å². The van der Waals surface area contributed by atoms with E-state index in [1.54, 1.807) is 7.11 Å². The molecule has 0 heterocycles. The standard InChI is InChI=1S/C17H27NO2/c1-13(18)17(14-9-11-15(19-2)12-10-14)20-16-7-5-3-4-6-8-16/h9-13,16-17H,3-8,18H2,1-2H3. The zero-order valence-electron chi connectivity index (χ0n) is 12.7. The average Bonchev–Trinajstić information content (AvgIpc) is 2.73. The van der Waals surface area contributed by atoms with Crippen molar-refractivity contribution in [2.75, 3.05) is 7.11 Å². The largest absolute Gasteiger partial charge is 0.497 e. The minimum atomic E-state index is -0.0241. The lowest BCUT2D eigenvalue weighted by molar-refractivity contribution is -0.0309. The van der Waals surface area contributed by atoms with Crippen LogP contribution in [-0.4, -0.2) is 19.3 Å². The molecule has 2 atom stereocenters. The van der Waals surface area contributed by atoms with Crippen LogP contribution in [0.15, 0.2) is 24.3 Å². The highest BCUT2D eigenvalue weighted by atomic mass is 16.5. The molecule has 1 aliphatic rings. The van der Waals surface area contributed by atoms with Crippen LogP contribution in [0.5, 0.6) is 5.75 Å². The zero-order chi connectivity index (χ0) is 14.4. The smallest absolute Gasteiger partial charge is 0.118 e. The highest BCUT2D eigenvalue weighted by molar-refractivity contribution is 5.29. The second-order valence-corrected chi connectivity index (χ2v) is 5.80. The second kappa shape index (κ2) is 7.65. The fourth-order valence-corrected chi connectivity index (χ4v) is 2.88. The maximum Gasteiger partial charge on any atom is 0.118 e. The SMILES string of the molecule is COc1ccc(C(OC2CCCCCC2)C(C)N)cc1. The highest BCUT2D eigenvalue weighted by Gasteiger charge is 2.22. The second-order valence-electron chi connectivity index (χ2n) is 5.80. The molecule has 0 aromatic heterocycles. The zero-order valence-corrected chi connectivity index (χ0v) is 12.7. The van der Waals surface area contributed by atoms with Crippen molar-refractivity contribution in [3.05, 3.63) is 29.8 Å². The summed E-state index contributed by atoms with van der Waals surface area (Å²) in [6.07, 6.45) is 7.90. The minimum absolute atomic E-state index is 0.00773. The molecule has 112 valence electrons. The van der Waals surface area contributed by atoms with E-state index in [0.29, 0.717) is 6.10 Å². The lowest BCUT2D eigenvalue weighted by atomic mass is 10.0. The van der Waals surface area contributed by atoms with Crippen molar-refractivity contribution in [3.63, 3.8) is 0 Å². The number of hydrogen-bond acceptors (Lipinski definition) is 3. The van der Waals surface area contributed by atoms with Gasteiger partial charge in [0.1, 0.15) is 5.75 Å². The molecular formula is C17H27NO2. The van der Waals surface area contributed by atoms with Crippen LogP contribution in [-0.2, 0) is 4.74 Å². The Hall–Kier alpha value is -1.06. The van der Waals surface area contributed by atoms with Crippen LogP contribution >= 0.6 is 0 Å². The molecular weight excluding hydrogens is 250 g/mol. The molecule has 0 radical (unpaired) electrons. The molecule has 1 aromatic rings. The number of benzene rings is 1. The van der Waals surface area contributed by atoms with Gasteiger partial charge in [-0.25, -0.2) is 0 Å². The highest BCUT2D eigenvalue weighted by Crippen LogP contribution is 2.29. The monoisotopic (exact) mass is 277 g/mol. The van der Waals surface area contributed by atoms with E-state index in [1.807, 2.05) is 19.1 Å². The Morgan fingerprint density at radius 1 is 1.05 bits per heavy atom. The van der Waals surface area contributed by atoms with Crippen LogP contribution in [0.1, 0.15) is 57.1 Å². The van der Waals surface area contributed by atoms with Gasteiger partial charge in [-0.1, -0.05) is 37.8 Å². The fraction of sp³-hybridized carbons (Fsp3) is 0.647. The predicted molar refractivity (Wildman–Crippen MR) is 82.0 cm³/mol. The van der Waals surface area contributed by atoms with Gasteiger partial charge in [0.15, 0.2) is 0 Å². The molecule has 3 heteroatoms. The number of methoxy groups -OCH3 is 1. The van der Waals surface area contributed by atoms with Crippen molar-refractivity contribution in [3.8, 4) is 5.75 Å². The molecule has 3 nitrogen and oxygen atoms in total. The number of hydrogen-bond donors (Lipinski definition) is 1. The van der Waals surface area contributed by atoms with Crippen molar-refractivity contribution >= 4 is 0 Å². The summed E-state index contributed by atoms with van der Waals surface area (Å²) >= 11 is 0. The topological polar surface area (TPSA) is 44.5 Å². The molecule has 0 amide bonds. The first kappa shape index (κ1) is 15.3. The third kappa shape index (κ3) is 4.22. The van der Waals surface area contributed by atoms with Crippen LogP contribution in [0.2, 0.25) is 0 Å². The summed E-state index contributed by atoms with van der Waals surface area (Å²) in [6.45, 7) is 2.02. The number of nitrogens with two attached hydrogens (primary N) is 1. The first-order chi connectivity index (χ1) is 9.70. The van der Waals surface area contributed by atoms with Crippen LogP contribution in [0.25, 0.3) is 0 Å². The quantitative estimate of drug-likeness (QED) is 0.832. The van der Waals surface area contributed by atoms with E-state index in [-0.39, 0.29) is 12.1 Å². The number of rotatable bonds is 5. The van der Waals surface area contributed by atoms with Crippen LogP contribution in [0.4, 0.5) is 0 Å². The van der Waals surface area contributed by atoms with Crippen molar-refractivity contribution in [1.82, 2.24) is 0 Å². The van der Waals surface area contributed by atoms with Gasteiger partial charge in [-0.3, -0.25) is 0 Å². The third-order valence-corrected chi connectivity index (χ3v) is 4.06. The van der Waals surface area contributed by atoms with Gasteiger partial charge in [-0.2, -0.15) is 0 Å². The van der Waals surface area contributed by atoms with Crippen LogP contribution in [0, 0.1) is 0 Å². The van der Waals surface area contributed by atoms with E-state index < -0.39 is 0 Å². The Morgan fingerprint density at radius 3 is 2.15 bits per heavy atom. The molecule has 2 unspecified atom stereocenters. The first-order valence-corrected chi connectivity index (χ1v) is 7.75. The summed E-state index contributed by atoms with van der Waals surface area (Å²) in [7, 11) is 1.68. The van der Waals surface area contributed by atoms with E-state index in [1.165, 1.54) is 38.5 Å². The first-order valence-electron chi connectivity index (χ1n) is 7.75. The molecule has 2 rings (SSSR count). The van der Waals surface area contributed by atoms with Crippen molar-refractivity contribution in [1.29, 1.82) is 0 Å². The van der Waals surface area contributed by atoms with Gasteiger partial charge in [0.2, 0.25) is 0 Å². The predicted octanol–water partition coefficient (Wildman–Crippen LogP) is 3.82. The lowest BCUT2D eigenvalue weighted by Gasteiger charge is -2.27. The normalized spacial score (nSPS) is 20.1. The molecule has 1 aliphatic carbocycles. The van der Waals surface area contributed by atoms with Crippen molar-refractivity contribution < 1.29 is 9.47 Å². The minimum Gasteiger partial charge on any atom is -0.497 e. The molecule has 1 saturated carbocycles. The summed E-state index contributed by atoms with van der Waals surface area (Å²) < 4.78 is 11.5. The molecule has 0 bridgehead atoms. The average molecular weight is 277 g/mol. The van der Waals surface area contributed by atoms with Gasteiger partial charge in [0, 0.05) is 6.04 Å². The summed E-state index contributed by atoms with van der Waals surface area (Å²) in [5.74, 6) is 0.867. The summed E-state index contributed by atoms with van der Waals surface area (Å²) in [4.78, 5) is 0. The van der Waals surface area contributed by atoms with Gasteiger partial charge >= 0.3 is 0 Å². The molecule has 20 heavy (non-hydrogen) atoms. The summed E-state index contributed by atoms with van der Waals surface area (Å²) in [5, 5.41) is 0. The summed E-state index contributed by atoms with van der Waals surface area (Å²) in [6, 6.07) is 8.06. The summed E-state index contributed by atoms with van der Waals surface area (Å²) in [5.41, 5.74) is 7.28. The Kier molecular flexibility index (Phi) is 5.86. The Balaban J connectivity index is 2.05. The van der Waals surface area contributed by atoms with Gasteiger partial charge in [-0.15, -0.1) is 0 Å². The Bertz CT molecular complexity index is 380. The van der Waals surface area contributed by atoms with Crippen LogP contribution < -0.4 is 10.5 Å². The van der Waals surface area contributed by atoms with E-state index >= 15 is 0 Å². The van der Waals surface area contributed by atoms with Crippen molar-refractivity contribution in [2.45, 2.75) is 63.7 Å². The van der Waals surface area contributed by atoms with Crippen molar-refractivity contribution in [2.24, 2.45) is 5.73 Å². The van der Waals surface area contributed by atoms with E-state index in [2.05, 4.69) is 12.1 Å². The molecule has 2 N–H and O–H groups in total. The Labute approximate surface area is 122 Å². The lowest BCUT2D eigenvalue weighted by Crippen LogP contribution is -2.30. The van der Waals surface area contributed by atoms with Gasteiger partial charge in [0.25, 0.3) is 0 Å². The van der Waals surface area contributed by atoms with E-state index in [4.69, 9.17) is 15.2 Å². The molecule has 0 aliphatic heterocycles. The molecule has 1 aromatic carbocycles. The van der Waals surface area contributed by atoms with E-state index in [9.17, 15) is 0 Å². The maximum atomic E-state index is 6.33. The third-order valence-electron chi connectivity index (χ3n) is 4.06. The Morgan fingerprint density at radius 2 is 1.65 bits per heavy atom. The molecule has 0 saturated heterocycles. The van der Waals surface area contributed by atoms with Gasteiger partial charge in [-0.05, 0) is 37.5 Å². The molecule has 1 fully saturated rings. The maximum absolute atomic E-state index is 6.33. The molecule has 0 spiro atoms. The van der Waals surface area contributed by atoms with Gasteiger partial charge in [0.05, 0.1) is 19.3 Å².